The van der Waals surface area contributed by atoms with Gasteiger partial charge in [-0.25, -0.2) is 0 Å². The molecule has 5 saturated heterocycles. The number of ether oxygens (including phenoxy) is 10. The molecule has 0 bridgehead atoms. The van der Waals surface area contributed by atoms with Gasteiger partial charge in [0, 0.05) is 11.3 Å². The lowest BCUT2D eigenvalue weighted by Crippen LogP contribution is -2.67. The standard InChI is InChI=1S/C58H92O27/c1-23-9-14-58(53(75)85-52-43(72)39(68)36(65)30(81-52)21-77-48-44(73)40(69)47(29(19-60)80-48)84-50-41(70)37(66)34(63)24(2)78-50)16-15-56(5)25(26(58)17-23)7-8-32-54(3)12-11-33(55(4,22-61)31(54)10-13-57(32,56)6)82-49-45(74)46(27(62)20-76-49)83-51-42(71)38(67)35(64)28(18-59)79-51/h7,24,26-52,59-74H,1,8-22H2,2-6H3/t24-,26-,27-,28+,29+,30+,31+,32+,33-,34-,35+,36+,37-,38-,39-,40+,41+,42+,43+,44+,45+,46-,47+,48+,49-,50-,51-,52-,54-,55-,56+,57+,58-/m0/s1. The number of rotatable bonds is 14. The zero-order chi connectivity index (χ0) is 61.8. The molecule has 27 nitrogen and oxygen atoms in total. The lowest BCUT2D eigenvalue weighted by atomic mass is 9.34. The second kappa shape index (κ2) is 24.9. The maximum absolute atomic E-state index is 15.1. The highest BCUT2D eigenvalue weighted by molar-refractivity contribution is 5.79. The lowest BCUT2D eigenvalue weighted by Gasteiger charge is -2.71. The van der Waals surface area contributed by atoms with Crippen LogP contribution in [0.15, 0.2) is 23.8 Å². The summed E-state index contributed by atoms with van der Waals surface area (Å²) in [5.41, 5.74) is -0.990. The summed E-state index contributed by atoms with van der Waals surface area (Å²) >= 11 is 0. The van der Waals surface area contributed by atoms with Crippen molar-refractivity contribution in [2.24, 2.45) is 44.8 Å². The molecule has 85 heavy (non-hydrogen) atoms. The second-order valence-electron chi connectivity index (χ2n) is 27.1. The van der Waals surface area contributed by atoms with Gasteiger partial charge >= 0.3 is 5.97 Å². The Morgan fingerprint density at radius 1 is 0.600 bits per heavy atom. The van der Waals surface area contributed by atoms with E-state index in [0.29, 0.717) is 57.8 Å². The molecule has 4 saturated carbocycles. The number of aliphatic hydroxyl groups excluding tert-OH is 16. The van der Waals surface area contributed by atoms with E-state index in [1.54, 1.807) is 0 Å². The van der Waals surface area contributed by atoms with Gasteiger partial charge in [0.2, 0.25) is 6.29 Å². The molecule has 10 aliphatic rings. The van der Waals surface area contributed by atoms with Gasteiger partial charge in [0.15, 0.2) is 25.2 Å². The van der Waals surface area contributed by atoms with Crippen LogP contribution >= 0.6 is 0 Å². The summed E-state index contributed by atoms with van der Waals surface area (Å²) in [6, 6.07) is 0. The van der Waals surface area contributed by atoms with Crippen LogP contribution in [0.5, 0.6) is 0 Å². The zero-order valence-corrected chi connectivity index (χ0v) is 48.7. The number of allylic oxidation sites excluding steroid dienone is 3. The predicted octanol–water partition coefficient (Wildman–Crippen LogP) is -4.04. The van der Waals surface area contributed by atoms with E-state index in [1.807, 2.05) is 6.92 Å². The molecule has 27 heteroatoms. The highest BCUT2D eigenvalue weighted by atomic mass is 16.8. The molecule has 486 valence electrons. The molecule has 16 N–H and O–H groups in total. The number of hydrogen-bond acceptors (Lipinski definition) is 27. The summed E-state index contributed by atoms with van der Waals surface area (Å²) in [4.78, 5) is 15.1. The van der Waals surface area contributed by atoms with Gasteiger partial charge in [-0.05, 0) is 99.2 Å². The van der Waals surface area contributed by atoms with E-state index >= 15 is 4.79 Å². The van der Waals surface area contributed by atoms with Crippen molar-refractivity contribution in [3.05, 3.63) is 23.8 Å². The van der Waals surface area contributed by atoms with Crippen LogP contribution in [-0.2, 0) is 52.2 Å². The molecule has 0 aromatic carbocycles. The third-order valence-electron chi connectivity index (χ3n) is 22.6. The van der Waals surface area contributed by atoms with E-state index in [-0.39, 0.29) is 41.8 Å². The van der Waals surface area contributed by atoms with Gasteiger partial charge in [-0.3, -0.25) is 4.79 Å². The minimum atomic E-state index is -1.91. The number of carbonyl (C=O) groups is 1. The maximum atomic E-state index is 15.1. The normalized spacial score (nSPS) is 54.6. The first kappa shape index (κ1) is 65.9. The number of esters is 1. The van der Waals surface area contributed by atoms with Crippen LogP contribution in [0, 0.1) is 44.8 Å². The summed E-state index contributed by atoms with van der Waals surface area (Å²) in [5, 5.41) is 172. The van der Waals surface area contributed by atoms with E-state index in [9.17, 15) is 81.7 Å². The molecule has 0 aromatic rings. The summed E-state index contributed by atoms with van der Waals surface area (Å²) in [5.74, 6) is -1.02. The minimum Gasteiger partial charge on any atom is -0.432 e. The Hall–Kier alpha value is -2.05. The highest BCUT2D eigenvalue weighted by Gasteiger charge is 2.70. The second-order valence-corrected chi connectivity index (χ2v) is 27.1. The van der Waals surface area contributed by atoms with Gasteiger partial charge < -0.3 is 129 Å². The molecule has 5 aliphatic heterocycles. The molecule has 0 unspecified atom stereocenters. The molecule has 0 amide bonds. The summed E-state index contributed by atoms with van der Waals surface area (Å²) in [6.45, 7) is 11.9. The zero-order valence-electron chi connectivity index (χ0n) is 48.7. The van der Waals surface area contributed by atoms with E-state index in [4.69, 9.17) is 47.4 Å². The predicted molar refractivity (Wildman–Crippen MR) is 285 cm³/mol. The van der Waals surface area contributed by atoms with Crippen LogP contribution < -0.4 is 0 Å². The molecule has 0 radical (unpaired) electrons. The Morgan fingerprint density at radius 3 is 1.87 bits per heavy atom. The van der Waals surface area contributed by atoms with Crippen molar-refractivity contribution in [2.45, 2.75) is 252 Å². The molecule has 5 heterocycles. The van der Waals surface area contributed by atoms with E-state index in [2.05, 4.69) is 33.4 Å². The van der Waals surface area contributed by atoms with Crippen molar-refractivity contribution >= 4 is 5.97 Å². The first-order valence-electron chi connectivity index (χ1n) is 30.1. The molecular weight excluding hydrogens is 1130 g/mol. The molecule has 5 aliphatic carbocycles. The number of hydrogen-bond donors (Lipinski definition) is 16. The molecule has 33 atom stereocenters. The fraction of sp³-hybridized carbons (Fsp3) is 0.914. The van der Waals surface area contributed by atoms with Crippen LogP contribution in [0.3, 0.4) is 0 Å². The first-order valence-corrected chi connectivity index (χ1v) is 30.1. The van der Waals surface area contributed by atoms with Crippen molar-refractivity contribution in [1.29, 1.82) is 0 Å². The quantitative estimate of drug-likeness (QED) is 0.0447. The molecule has 10 rings (SSSR count). The maximum Gasteiger partial charge on any atom is 0.315 e. The molecule has 0 spiro atoms. The van der Waals surface area contributed by atoms with Crippen molar-refractivity contribution < 1.29 is 134 Å². The number of carbonyl (C=O) groups excluding carboxylic acids is 1. The Labute approximate surface area is 492 Å². The van der Waals surface area contributed by atoms with E-state index in [0.717, 1.165) is 17.6 Å². The van der Waals surface area contributed by atoms with Crippen LogP contribution in [0.25, 0.3) is 0 Å². The van der Waals surface area contributed by atoms with E-state index < -0.39 is 196 Å². The Balaban J connectivity index is 0.812. The lowest BCUT2D eigenvalue weighted by molar-refractivity contribution is -0.361. The minimum absolute atomic E-state index is 0.0865. The number of fused-ring (bicyclic) bond motifs is 7. The van der Waals surface area contributed by atoms with Gasteiger partial charge in [0.1, 0.15) is 110 Å². The Bertz CT molecular complexity index is 2380. The largest absolute Gasteiger partial charge is 0.432 e. The van der Waals surface area contributed by atoms with Gasteiger partial charge in [-0.2, -0.15) is 0 Å². The SMILES string of the molecule is C=C1CC[C@]2(C(=O)O[C@@H]3O[C@H](CO[C@@H]4O[C@H](CO)[C@@H](O[C@@H]5O[C@@H](C)[C@H](O)[C@H](O)[C@H]5O)[C@H](O)[C@H]4O)[C@@H](O)[C@H](O)[C@H]3O)CC[C@]3(C)C(=CC[C@@H]4[C@@]5(C)CC[C@H](O[C@@H]6OC[C@H](O)[C@H](O[C@@H]7O[C@H](CO)[C@@H](O)[C@H](O)[C@H]7O)[C@H]6O)[C@@](C)(CO)[C@@H]5CC[C@]43C)[C@@H]2C1. The van der Waals surface area contributed by atoms with Gasteiger partial charge in [-0.1, -0.05) is 51.5 Å². The van der Waals surface area contributed by atoms with Crippen LogP contribution in [-0.4, -0.2) is 274 Å². The topological polar surface area (TPSA) is 433 Å². The summed E-state index contributed by atoms with van der Waals surface area (Å²) in [7, 11) is 0. The van der Waals surface area contributed by atoms with Crippen molar-refractivity contribution in [1.82, 2.24) is 0 Å². The number of aliphatic hydroxyl groups is 16. The Kier molecular flexibility index (Phi) is 19.3. The highest BCUT2D eigenvalue weighted by Crippen LogP contribution is 2.75. The van der Waals surface area contributed by atoms with Crippen LogP contribution in [0.1, 0.15) is 98.8 Å². The monoisotopic (exact) mass is 1220 g/mol. The first-order chi connectivity index (χ1) is 40.0. The van der Waals surface area contributed by atoms with Crippen LogP contribution in [0.4, 0.5) is 0 Å². The molecular formula is C58H92O27. The average molecular weight is 1220 g/mol. The van der Waals surface area contributed by atoms with Crippen molar-refractivity contribution in [3.63, 3.8) is 0 Å². The fourth-order valence-corrected chi connectivity index (χ4v) is 17.2. The van der Waals surface area contributed by atoms with E-state index in [1.165, 1.54) is 6.92 Å². The summed E-state index contributed by atoms with van der Waals surface area (Å²) < 4.78 is 58.6. The summed E-state index contributed by atoms with van der Waals surface area (Å²) in [6.07, 6.45) is -31.7. The molecule has 9 fully saturated rings. The van der Waals surface area contributed by atoms with Crippen molar-refractivity contribution in [2.75, 3.05) is 33.0 Å². The van der Waals surface area contributed by atoms with Gasteiger partial charge in [0.25, 0.3) is 0 Å². The van der Waals surface area contributed by atoms with Crippen LogP contribution in [0.2, 0.25) is 0 Å². The third-order valence-corrected chi connectivity index (χ3v) is 22.6. The van der Waals surface area contributed by atoms with Gasteiger partial charge in [0.05, 0.1) is 50.7 Å². The fourth-order valence-electron chi connectivity index (χ4n) is 17.2. The Morgan fingerprint density at radius 2 is 1.20 bits per heavy atom. The van der Waals surface area contributed by atoms with Gasteiger partial charge in [-0.15, -0.1) is 0 Å². The smallest absolute Gasteiger partial charge is 0.315 e. The third kappa shape index (κ3) is 11.0. The van der Waals surface area contributed by atoms with Crippen molar-refractivity contribution in [3.8, 4) is 0 Å². The average Bonchev–Trinajstić information content (AvgIpc) is 0.727. The molecule has 0 aromatic heterocycles.